The summed E-state index contributed by atoms with van der Waals surface area (Å²) in [4.78, 5) is 4.48. The summed E-state index contributed by atoms with van der Waals surface area (Å²) in [6.07, 6.45) is 0. The quantitative estimate of drug-likeness (QED) is 0.673. The SMILES string of the molecule is CC(C)c1cc(O)cc2c1Sc1cc(O)ccc1S2. The second kappa shape index (κ2) is 4.69. The van der Waals surface area contributed by atoms with Crippen LogP contribution in [0.2, 0.25) is 0 Å². The first kappa shape index (κ1) is 12.8. The predicted octanol–water partition coefficient (Wildman–Crippen LogP) is 4.84. The molecule has 19 heavy (non-hydrogen) atoms. The Balaban J connectivity index is 2.14. The summed E-state index contributed by atoms with van der Waals surface area (Å²) in [6, 6.07) is 9.07. The largest absolute Gasteiger partial charge is 0.508 e. The summed E-state index contributed by atoms with van der Waals surface area (Å²) in [6.45, 7) is 4.25. The maximum absolute atomic E-state index is 9.85. The Morgan fingerprint density at radius 2 is 1.58 bits per heavy atom. The molecule has 3 rings (SSSR count). The molecule has 0 radical (unpaired) electrons. The van der Waals surface area contributed by atoms with Crippen molar-refractivity contribution < 1.29 is 10.2 Å². The van der Waals surface area contributed by atoms with Crippen LogP contribution in [0.1, 0.15) is 25.3 Å². The average molecular weight is 290 g/mol. The fraction of sp³-hybridized carbons (Fsp3) is 0.200. The molecule has 98 valence electrons. The van der Waals surface area contributed by atoms with Gasteiger partial charge >= 0.3 is 0 Å². The van der Waals surface area contributed by atoms with E-state index in [9.17, 15) is 10.2 Å². The van der Waals surface area contributed by atoms with Crippen molar-refractivity contribution in [3.8, 4) is 11.5 Å². The van der Waals surface area contributed by atoms with Crippen LogP contribution in [0.25, 0.3) is 0 Å². The zero-order chi connectivity index (χ0) is 13.6. The van der Waals surface area contributed by atoms with Gasteiger partial charge in [0.1, 0.15) is 11.5 Å². The van der Waals surface area contributed by atoms with Gasteiger partial charge in [0.05, 0.1) is 0 Å². The van der Waals surface area contributed by atoms with Crippen molar-refractivity contribution in [1.82, 2.24) is 0 Å². The molecule has 0 aliphatic carbocycles. The molecule has 2 N–H and O–H groups in total. The molecule has 1 aliphatic rings. The third-order valence-electron chi connectivity index (χ3n) is 3.05. The van der Waals surface area contributed by atoms with Crippen LogP contribution in [0.15, 0.2) is 49.9 Å². The van der Waals surface area contributed by atoms with Gasteiger partial charge in [-0.1, -0.05) is 37.4 Å². The molecule has 0 unspecified atom stereocenters. The van der Waals surface area contributed by atoms with Crippen LogP contribution < -0.4 is 0 Å². The van der Waals surface area contributed by atoms with Gasteiger partial charge < -0.3 is 10.2 Å². The first-order valence-corrected chi connectivity index (χ1v) is 7.73. The summed E-state index contributed by atoms with van der Waals surface area (Å²) in [7, 11) is 0. The van der Waals surface area contributed by atoms with Crippen molar-refractivity contribution in [3.05, 3.63) is 35.9 Å². The number of aromatic hydroxyl groups is 2. The van der Waals surface area contributed by atoms with Gasteiger partial charge in [-0.3, -0.25) is 0 Å². The maximum atomic E-state index is 9.85. The van der Waals surface area contributed by atoms with E-state index in [0.29, 0.717) is 17.4 Å². The fourth-order valence-electron chi connectivity index (χ4n) is 2.11. The van der Waals surface area contributed by atoms with Gasteiger partial charge in [0.15, 0.2) is 0 Å². The second-order valence-corrected chi connectivity index (χ2v) is 6.99. The molecule has 0 aromatic heterocycles. The van der Waals surface area contributed by atoms with E-state index in [4.69, 9.17) is 0 Å². The van der Waals surface area contributed by atoms with Gasteiger partial charge in [-0.05, 0) is 41.8 Å². The minimum absolute atomic E-state index is 0.292. The van der Waals surface area contributed by atoms with Crippen LogP contribution >= 0.6 is 23.5 Å². The summed E-state index contributed by atoms with van der Waals surface area (Å²) in [5.41, 5.74) is 1.15. The van der Waals surface area contributed by atoms with E-state index in [0.717, 1.165) is 20.2 Å². The highest BCUT2D eigenvalue weighted by molar-refractivity contribution is 8.05. The van der Waals surface area contributed by atoms with Gasteiger partial charge in [-0.15, -0.1) is 0 Å². The highest BCUT2D eigenvalue weighted by atomic mass is 32.2. The number of phenols is 2. The minimum Gasteiger partial charge on any atom is -0.508 e. The van der Waals surface area contributed by atoms with Crippen molar-refractivity contribution >= 4 is 23.5 Å². The molecule has 2 aromatic rings. The van der Waals surface area contributed by atoms with Crippen molar-refractivity contribution in [2.45, 2.75) is 39.3 Å². The van der Waals surface area contributed by atoms with Crippen LogP contribution in [0.5, 0.6) is 11.5 Å². The topological polar surface area (TPSA) is 40.5 Å². The molecular formula is C15H14O2S2. The van der Waals surface area contributed by atoms with Crippen molar-refractivity contribution in [3.63, 3.8) is 0 Å². The third kappa shape index (κ3) is 2.30. The van der Waals surface area contributed by atoms with Gasteiger partial charge in [-0.25, -0.2) is 0 Å². The fourth-order valence-corrected chi connectivity index (χ4v) is 4.67. The highest BCUT2D eigenvalue weighted by Gasteiger charge is 2.22. The molecular weight excluding hydrogens is 276 g/mol. The lowest BCUT2D eigenvalue weighted by Gasteiger charge is -2.22. The Hall–Kier alpha value is -1.26. The number of phenolic OH excluding ortho intramolecular Hbond substituents is 2. The first-order chi connectivity index (χ1) is 9.04. The molecule has 0 saturated heterocycles. The normalized spacial score (nSPS) is 13.2. The Labute approximate surface area is 120 Å². The average Bonchev–Trinajstić information content (AvgIpc) is 2.35. The molecule has 0 bridgehead atoms. The van der Waals surface area contributed by atoms with E-state index in [1.807, 2.05) is 18.2 Å². The molecule has 2 nitrogen and oxygen atoms in total. The van der Waals surface area contributed by atoms with E-state index in [-0.39, 0.29) is 0 Å². The van der Waals surface area contributed by atoms with Crippen molar-refractivity contribution in [1.29, 1.82) is 0 Å². The molecule has 1 heterocycles. The Bertz CT molecular complexity index is 651. The van der Waals surface area contributed by atoms with Gasteiger partial charge in [0.25, 0.3) is 0 Å². The van der Waals surface area contributed by atoms with E-state index in [1.165, 1.54) is 4.90 Å². The molecule has 0 saturated carbocycles. The highest BCUT2D eigenvalue weighted by Crippen LogP contribution is 2.52. The first-order valence-electron chi connectivity index (χ1n) is 6.10. The smallest absolute Gasteiger partial charge is 0.117 e. The van der Waals surface area contributed by atoms with E-state index < -0.39 is 0 Å². The van der Waals surface area contributed by atoms with Crippen LogP contribution in [0.4, 0.5) is 0 Å². The van der Waals surface area contributed by atoms with Crippen LogP contribution in [0, 0.1) is 0 Å². The number of benzene rings is 2. The standard InChI is InChI=1S/C15H14O2S2/c1-8(2)11-5-10(17)7-14-15(11)19-13-6-9(16)3-4-12(13)18-14/h3-8,16-17H,1-2H3. The van der Waals surface area contributed by atoms with Gasteiger partial charge in [0.2, 0.25) is 0 Å². The molecule has 4 heteroatoms. The Morgan fingerprint density at radius 3 is 2.32 bits per heavy atom. The zero-order valence-corrected chi connectivity index (χ0v) is 12.3. The molecule has 1 aliphatic heterocycles. The van der Waals surface area contributed by atoms with Crippen molar-refractivity contribution in [2.24, 2.45) is 0 Å². The second-order valence-electron chi connectivity index (χ2n) is 4.85. The lowest BCUT2D eigenvalue weighted by molar-refractivity contribution is 0.470. The Kier molecular flexibility index (Phi) is 3.15. The van der Waals surface area contributed by atoms with E-state index >= 15 is 0 Å². The van der Waals surface area contributed by atoms with E-state index in [2.05, 4.69) is 13.8 Å². The molecule has 0 spiro atoms. The zero-order valence-electron chi connectivity index (χ0n) is 10.7. The number of hydrogen-bond acceptors (Lipinski definition) is 4. The van der Waals surface area contributed by atoms with Crippen LogP contribution in [-0.4, -0.2) is 10.2 Å². The Morgan fingerprint density at radius 1 is 0.842 bits per heavy atom. The monoisotopic (exact) mass is 290 g/mol. The molecule has 0 atom stereocenters. The number of rotatable bonds is 1. The summed E-state index contributed by atoms with van der Waals surface area (Å²) >= 11 is 3.31. The summed E-state index contributed by atoms with van der Waals surface area (Å²) in [5.74, 6) is 0.964. The van der Waals surface area contributed by atoms with Crippen LogP contribution in [-0.2, 0) is 0 Å². The maximum Gasteiger partial charge on any atom is 0.117 e. The lowest BCUT2D eigenvalue weighted by Crippen LogP contribution is -1.97. The third-order valence-corrected chi connectivity index (χ3v) is 5.64. The van der Waals surface area contributed by atoms with E-state index in [1.54, 1.807) is 35.7 Å². The van der Waals surface area contributed by atoms with Gasteiger partial charge in [-0.2, -0.15) is 0 Å². The minimum atomic E-state index is 0.292. The lowest BCUT2D eigenvalue weighted by atomic mass is 10.0. The number of hydrogen-bond donors (Lipinski definition) is 2. The van der Waals surface area contributed by atoms with Gasteiger partial charge in [0, 0.05) is 19.6 Å². The van der Waals surface area contributed by atoms with Crippen molar-refractivity contribution in [2.75, 3.05) is 0 Å². The summed E-state index contributed by atoms with van der Waals surface area (Å²) < 4.78 is 0. The van der Waals surface area contributed by atoms with Crippen LogP contribution in [0.3, 0.4) is 0 Å². The molecule has 0 fully saturated rings. The predicted molar refractivity (Wildman–Crippen MR) is 78.5 cm³/mol. The molecule has 2 aromatic carbocycles. The number of fused-ring (bicyclic) bond motifs is 2. The summed E-state index contributed by atoms with van der Waals surface area (Å²) in [5, 5.41) is 19.4. The molecule has 0 amide bonds.